The maximum atomic E-state index is 13.2. The average molecular weight is 521 g/mol. The van der Waals surface area contributed by atoms with E-state index in [1.165, 1.54) is 0 Å². The van der Waals surface area contributed by atoms with Crippen LogP contribution in [0.15, 0.2) is 71.5 Å². The molecule has 1 atom stereocenters. The van der Waals surface area contributed by atoms with E-state index in [4.69, 9.17) is 5.73 Å². The van der Waals surface area contributed by atoms with E-state index < -0.39 is 5.56 Å². The Bertz CT molecular complexity index is 1800. The second-order valence-electron chi connectivity index (χ2n) is 10.2. The maximum Gasteiger partial charge on any atom is 0.276 e. The molecule has 0 bridgehead atoms. The number of nitrogen functional groups attached to an aromatic ring is 1. The van der Waals surface area contributed by atoms with Crippen molar-refractivity contribution >= 4 is 39.3 Å². The van der Waals surface area contributed by atoms with Gasteiger partial charge in [0.05, 0.1) is 22.4 Å². The molecule has 2 aromatic heterocycles. The van der Waals surface area contributed by atoms with Gasteiger partial charge in [-0.05, 0) is 56.9 Å². The molecule has 0 spiro atoms. The number of nitrogens with two attached hydrogens (primary N) is 1. The Morgan fingerprint density at radius 3 is 2.44 bits per heavy atom. The first-order valence-electron chi connectivity index (χ1n) is 12.8. The van der Waals surface area contributed by atoms with Gasteiger partial charge in [0.1, 0.15) is 0 Å². The Hall–Kier alpha value is -4.76. The molecule has 9 heteroatoms. The summed E-state index contributed by atoms with van der Waals surface area (Å²) in [5.41, 5.74) is 10.2. The van der Waals surface area contributed by atoms with Crippen LogP contribution in [0.4, 0.5) is 5.69 Å². The Kier molecular flexibility index (Phi) is 6.00. The summed E-state index contributed by atoms with van der Waals surface area (Å²) >= 11 is 0. The highest BCUT2D eigenvalue weighted by Crippen LogP contribution is 2.32. The van der Waals surface area contributed by atoms with Crippen LogP contribution in [0, 0.1) is 0 Å². The lowest BCUT2D eigenvalue weighted by Gasteiger charge is -2.20. The van der Waals surface area contributed by atoms with Gasteiger partial charge in [0.15, 0.2) is 11.5 Å². The number of H-pyrrole nitrogens is 2. The second kappa shape index (κ2) is 9.52. The molecular formula is C30H28N6O3. The van der Waals surface area contributed by atoms with Crippen molar-refractivity contribution in [2.45, 2.75) is 12.5 Å². The summed E-state index contributed by atoms with van der Waals surface area (Å²) in [6, 6.07) is 19.7. The van der Waals surface area contributed by atoms with Gasteiger partial charge in [0.25, 0.3) is 11.5 Å². The van der Waals surface area contributed by atoms with Gasteiger partial charge in [-0.1, -0.05) is 30.3 Å². The van der Waals surface area contributed by atoms with Crippen LogP contribution in [-0.2, 0) is 0 Å². The van der Waals surface area contributed by atoms with E-state index in [2.05, 4.69) is 19.9 Å². The minimum atomic E-state index is -0.411. The van der Waals surface area contributed by atoms with Crippen LogP contribution < -0.4 is 11.3 Å². The number of hydrogen-bond donors (Lipinski definition) is 3. The fourth-order valence-corrected chi connectivity index (χ4v) is 5.21. The van der Waals surface area contributed by atoms with Gasteiger partial charge in [-0.3, -0.25) is 14.4 Å². The minimum Gasteiger partial charge on any atom is -0.396 e. The van der Waals surface area contributed by atoms with Crippen molar-refractivity contribution in [1.82, 2.24) is 24.8 Å². The molecule has 196 valence electrons. The van der Waals surface area contributed by atoms with Crippen LogP contribution in [0.3, 0.4) is 0 Å². The Morgan fingerprint density at radius 2 is 1.69 bits per heavy atom. The number of nitrogens with zero attached hydrogens (tertiary/aromatic N) is 3. The molecule has 0 saturated carbocycles. The third-order valence-corrected chi connectivity index (χ3v) is 7.49. The highest BCUT2D eigenvalue weighted by Gasteiger charge is 2.28. The van der Waals surface area contributed by atoms with Crippen molar-refractivity contribution in [3.05, 3.63) is 93.8 Å². The van der Waals surface area contributed by atoms with Gasteiger partial charge in [0, 0.05) is 46.7 Å². The zero-order valence-electron chi connectivity index (χ0n) is 21.7. The number of fused-ring (bicyclic) bond motifs is 2. The largest absolute Gasteiger partial charge is 0.396 e. The number of benzene rings is 3. The lowest BCUT2D eigenvalue weighted by molar-refractivity contribution is 0.0783. The third kappa shape index (κ3) is 4.36. The summed E-state index contributed by atoms with van der Waals surface area (Å²) in [7, 11) is 4.05. The van der Waals surface area contributed by atoms with Crippen molar-refractivity contribution < 1.29 is 9.59 Å². The highest BCUT2D eigenvalue weighted by molar-refractivity contribution is 6.10. The molecular weight excluding hydrogens is 492 g/mol. The van der Waals surface area contributed by atoms with Gasteiger partial charge >= 0.3 is 0 Å². The van der Waals surface area contributed by atoms with Crippen molar-refractivity contribution in [3.8, 4) is 11.4 Å². The Balaban J connectivity index is 1.36. The molecule has 9 nitrogen and oxygen atoms in total. The first-order chi connectivity index (χ1) is 18.8. The molecule has 0 aliphatic carbocycles. The standard InChI is InChI=1S/C30H28N6O3/c1-35(2)20-12-13-36(16-20)30(39)19-9-10-22-21(14-19)25(31)26(32-22)27-29(38)34-23-11-8-18(15-24(23)33-27)28(37)17-6-4-3-5-7-17/h3-11,14-15,20,32H,12-13,16,31H2,1-2H3,(H,34,38)/t20-/m0/s1. The number of likely N-dealkylation sites (N-methyl/N-ethyl adjacent to an activating group) is 1. The van der Waals surface area contributed by atoms with Crippen molar-refractivity contribution in [2.24, 2.45) is 0 Å². The summed E-state index contributed by atoms with van der Waals surface area (Å²) in [5.74, 6) is -0.176. The predicted molar refractivity (Wildman–Crippen MR) is 152 cm³/mol. The van der Waals surface area contributed by atoms with Crippen LogP contribution in [0.5, 0.6) is 0 Å². The monoisotopic (exact) mass is 520 g/mol. The molecule has 0 radical (unpaired) electrons. The van der Waals surface area contributed by atoms with Crippen LogP contribution in [-0.4, -0.2) is 69.7 Å². The number of amides is 1. The smallest absolute Gasteiger partial charge is 0.276 e. The van der Waals surface area contributed by atoms with Gasteiger partial charge in [-0.2, -0.15) is 0 Å². The zero-order chi connectivity index (χ0) is 27.3. The second-order valence-corrected chi connectivity index (χ2v) is 10.2. The molecule has 1 aliphatic rings. The number of carbonyl (C=O) groups excluding carboxylic acids is 2. The van der Waals surface area contributed by atoms with Crippen LogP contribution in [0.25, 0.3) is 33.3 Å². The Labute approximate surface area is 224 Å². The molecule has 5 aromatic rings. The average Bonchev–Trinajstić information content (AvgIpc) is 3.57. The number of hydrogen-bond acceptors (Lipinski definition) is 6. The molecule has 1 fully saturated rings. The molecule has 6 rings (SSSR count). The minimum absolute atomic E-state index is 0.0410. The normalized spacial score (nSPS) is 15.5. The summed E-state index contributed by atoms with van der Waals surface area (Å²) in [6.07, 6.45) is 0.937. The van der Waals surface area contributed by atoms with E-state index in [1.807, 2.05) is 37.2 Å². The molecule has 39 heavy (non-hydrogen) atoms. The van der Waals surface area contributed by atoms with E-state index in [-0.39, 0.29) is 17.4 Å². The first kappa shape index (κ1) is 24.6. The van der Waals surface area contributed by atoms with E-state index in [0.717, 1.165) is 6.42 Å². The summed E-state index contributed by atoms with van der Waals surface area (Å²) < 4.78 is 0. The summed E-state index contributed by atoms with van der Waals surface area (Å²) in [5, 5.41) is 0.647. The number of anilines is 1. The summed E-state index contributed by atoms with van der Waals surface area (Å²) in [6.45, 7) is 1.39. The highest BCUT2D eigenvalue weighted by atomic mass is 16.2. The zero-order valence-corrected chi connectivity index (χ0v) is 21.7. The molecule has 4 N–H and O–H groups in total. The third-order valence-electron chi connectivity index (χ3n) is 7.49. The van der Waals surface area contributed by atoms with Crippen LogP contribution >= 0.6 is 0 Å². The molecule has 1 saturated heterocycles. The summed E-state index contributed by atoms with van der Waals surface area (Å²) in [4.78, 5) is 53.8. The SMILES string of the molecule is CN(C)[C@H]1CCN(C(=O)c2ccc3[nH]c(-c4nc5cc(C(=O)c6ccccc6)ccc5[nH]c4=O)c(N)c3c2)C1. The van der Waals surface area contributed by atoms with Crippen molar-refractivity contribution in [2.75, 3.05) is 32.9 Å². The molecule has 0 unspecified atom stereocenters. The van der Waals surface area contributed by atoms with Crippen LogP contribution in [0.1, 0.15) is 32.7 Å². The maximum absolute atomic E-state index is 13.2. The number of carbonyl (C=O) groups is 2. The van der Waals surface area contributed by atoms with E-state index in [0.29, 0.717) is 69.1 Å². The number of aromatic amines is 2. The van der Waals surface area contributed by atoms with Gasteiger partial charge in [-0.25, -0.2) is 4.98 Å². The Morgan fingerprint density at radius 1 is 0.949 bits per heavy atom. The van der Waals surface area contributed by atoms with Gasteiger partial charge in [-0.15, -0.1) is 0 Å². The first-order valence-corrected chi connectivity index (χ1v) is 12.8. The van der Waals surface area contributed by atoms with E-state index in [9.17, 15) is 14.4 Å². The number of rotatable bonds is 5. The molecule has 3 heterocycles. The van der Waals surface area contributed by atoms with E-state index >= 15 is 0 Å². The quantitative estimate of drug-likeness (QED) is 0.304. The predicted octanol–water partition coefficient (Wildman–Crippen LogP) is 3.66. The van der Waals surface area contributed by atoms with Gasteiger partial charge in [0.2, 0.25) is 0 Å². The van der Waals surface area contributed by atoms with Gasteiger partial charge < -0.3 is 25.5 Å². The molecule has 1 amide bonds. The van der Waals surface area contributed by atoms with Crippen LogP contribution in [0.2, 0.25) is 0 Å². The number of ketones is 1. The fourth-order valence-electron chi connectivity index (χ4n) is 5.21. The molecule has 3 aromatic carbocycles. The lowest BCUT2D eigenvalue weighted by atomic mass is 10.0. The number of likely N-dealkylation sites (tertiary alicyclic amines) is 1. The van der Waals surface area contributed by atoms with E-state index in [1.54, 1.807) is 48.5 Å². The number of nitrogens with one attached hydrogen (secondary N) is 2. The topological polar surface area (TPSA) is 128 Å². The van der Waals surface area contributed by atoms with Crippen molar-refractivity contribution in [1.29, 1.82) is 0 Å². The lowest BCUT2D eigenvalue weighted by Crippen LogP contribution is -2.34. The number of aromatic nitrogens is 3. The fraction of sp³-hybridized carbons (Fsp3) is 0.200. The molecule has 1 aliphatic heterocycles. The van der Waals surface area contributed by atoms with Crippen molar-refractivity contribution in [3.63, 3.8) is 0 Å².